The summed E-state index contributed by atoms with van der Waals surface area (Å²) >= 11 is 0. The minimum absolute atomic E-state index is 0.0874. The smallest absolute Gasteiger partial charge is 0.293 e. The van der Waals surface area contributed by atoms with Gasteiger partial charge in [-0.25, -0.2) is 9.18 Å². The summed E-state index contributed by atoms with van der Waals surface area (Å²) in [4.78, 5) is 36.0. The van der Waals surface area contributed by atoms with Crippen molar-refractivity contribution in [3.05, 3.63) is 68.7 Å². The number of halogens is 1. The van der Waals surface area contributed by atoms with Gasteiger partial charge in [0.25, 0.3) is 5.56 Å². The van der Waals surface area contributed by atoms with Crippen molar-refractivity contribution in [2.45, 2.75) is 6.54 Å². The van der Waals surface area contributed by atoms with E-state index >= 15 is 0 Å². The van der Waals surface area contributed by atoms with Crippen LogP contribution in [0.25, 0.3) is 0 Å². The molecule has 0 fully saturated rings. The van der Waals surface area contributed by atoms with Gasteiger partial charge in [-0.1, -0.05) is 12.1 Å². The number of rotatable bonds is 3. The molecule has 0 bridgehead atoms. The van der Waals surface area contributed by atoms with Crippen LogP contribution >= 0.6 is 0 Å². The van der Waals surface area contributed by atoms with Gasteiger partial charge < -0.3 is 0 Å². The summed E-state index contributed by atoms with van der Waals surface area (Å²) in [5, 5.41) is 0. The number of carbonyl (C=O) groups excluding carboxylic acids is 1. The molecule has 0 aliphatic rings. The molecule has 0 saturated heterocycles. The first-order valence-corrected chi connectivity index (χ1v) is 5.15. The highest BCUT2D eigenvalue weighted by atomic mass is 19.1. The van der Waals surface area contributed by atoms with E-state index in [0.717, 1.165) is 10.6 Å². The lowest BCUT2D eigenvalue weighted by atomic mass is 10.1. The van der Waals surface area contributed by atoms with Crippen LogP contribution in [0.2, 0.25) is 0 Å². The van der Waals surface area contributed by atoms with Crippen LogP contribution in [-0.2, 0) is 6.54 Å². The second kappa shape index (κ2) is 4.79. The number of aromatic nitrogens is 2. The maximum absolute atomic E-state index is 13.3. The molecular weight excluding hydrogens is 239 g/mol. The molecule has 0 atom stereocenters. The zero-order valence-electron chi connectivity index (χ0n) is 9.22. The summed E-state index contributed by atoms with van der Waals surface area (Å²) < 4.78 is 14.4. The number of nitrogens with zero attached hydrogens (tertiary/aromatic N) is 1. The first-order chi connectivity index (χ1) is 8.58. The van der Waals surface area contributed by atoms with Crippen LogP contribution in [0.1, 0.15) is 10.4 Å². The number of aromatic amines is 1. The fraction of sp³-hybridized carbons (Fsp3) is 0.0833. The molecule has 0 aliphatic carbocycles. The fourth-order valence-electron chi connectivity index (χ4n) is 1.50. The third-order valence-corrected chi connectivity index (χ3v) is 2.39. The van der Waals surface area contributed by atoms with Crippen molar-refractivity contribution in [3.63, 3.8) is 0 Å². The molecular formula is C12H9FN2O3. The normalized spacial score (nSPS) is 10.3. The molecule has 1 heterocycles. The molecule has 18 heavy (non-hydrogen) atoms. The van der Waals surface area contributed by atoms with Crippen molar-refractivity contribution in [1.29, 1.82) is 0 Å². The lowest BCUT2D eigenvalue weighted by Crippen LogP contribution is -2.31. The first-order valence-electron chi connectivity index (χ1n) is 5.15. The summed E-state index contributed by atoms with van der Waals surface area (Å²) in [6.45, 7) is -0.323. The lowest BCUT2D eigenvalue weighted by molar-refractivity contribution is 0.0966. The molecule has 1 N–H and O–H groups in total. The van der Waals surface area contributed by atoms with Crippen molar-refractivity contribution in [2.24, 2.45) is 0 Å². The summed E-state index contributed by atoms with van der Waals surface area (Å²) in [5.41, 5.74) is -1.34. The van der Waals surface area contributed by atoms with Crippen molar-refractivity contribution in [1.82, 2.24) is 9.55 Å². The minimum Gasteiger partial charge on any atom is -0.293 e. The van der Waals surface area contributed by atoms with Crippen LogP contribution in [0.15, 0.2) is 46.1 Å². The van der Waals surface area contributed by atoms with E-state index in [1.54, 1.807) is 0 Å². The molecule has 1 aromatic heterocycles. The van der Waals surface area contributed by atoms with Crippen LogP contribution < -0.4 is 11.2 Å². The Morgan fingerprint density at radius 1 is 1.22 bits per heavy atom. The average Bonchev–Trinajstić information content (AvgIpc) is 2.33. The zero-order chi connectivity index (χ0) is 13.1. The van der Waals surface area contributed by atoms with E-state index in [1.165, 1.54) is 30.5 Å². The van der Waals surface area contributed by atoms with Gasteiger partial charge in [-0.05, 0) is 12.1 Å². The first kappa shape index (κ1) is 12.0. The zero-order valence-corrected chi connectivity index (χ0v) is 9.22. The number of Topliss-reactive ketones (excluding diaryl/α,β-unsaturated/α-hetero) is 1. The molecule has 0 amide bonds. The Kier molecular flexibility index (Phi) is 3.18. The Bertz CT molecular complexity index is 703. The Labute approximate surface area is 101 Å². The van der Waals surface area contributed by atoms with Gasteiger partial charge in [0.15, 0.2) is 5.78 Å². The number of H-pyrrole nitrogens is 1. The Morgan fingerprint density at radius 2 is 1.94 bits per heavy atom. The van der Waals surface area contributed by atoms with Gasteiger partial charge in [-0.2, -0.15) is 0 Å². The molecule has 0 unspecified atom stereocenters. The second-order valence-electron chi connectivity index (χ2n) is 3.64. The van der Waals surface area contributed by atoms with E-state index in [9.17, 15) is 18.8 Å². The summed E-state index contributed by atoms with van der Waals surface area (Å²) in [5.74, 6) is -1.18. The van der Waals surface area contributed by atoms with Crippen molar-refractivity contribution >= 4 is 5.78 Å². The van der Waals surface area contributed by atoms with Gasteiger partial charge in [0.2, 0.25) is 0 Å². The third kappa shape index (κ3) is 2.42. The molecule has 0 radical (unpaired) electrons. The SMILES string of the molecule is O=C(Cn1ccc(=O)[nH]c1=O)c1ccccc1F. The minimum atomic E-state index is -0.702. The average molecular weight is 248 g/mol. The van der Waals surface area contributed by atoms with Gasteiger partial charge in [-0.15, -0.1) is 0 Å². The summed E-state index contributed by atoms with van der Waals surface area (Å²) in [6.07, 6.45) is 1.19. The number of benzene rings is 1. The topological polar surface area (TPSA) is 71.9 Å². The number of nitrogens with one attached hydrogen (secondary N) is 1. The van der Waals surface area contributed by atoms with Crippen LogP contribution in [0, 0.1) is 5.82 Å². The van der Waals surface area contributed by atoms with Crippen LogP contribution in [0.3, 0.4) is 0 Å². The highest BCUT2D eigenvalue weighted by Gasteiger charge is 2.12. The molecule has 92 valence electrons. The molecule has 1 aromatic carbocycles. The fourth-order valence-corrected chi connectivity index (χ4v) is 1.50. The van der Waals surface area contributed by atoms with Gasteiger partial charge in [0, 0.05) is 12.3 Å². The Hall–Kier alpha value is -2.50. The van der Waals surface area contributed by atoms with Gasteiger partial charge >= 0.3 is 5.69 Å². The number of ketones is 1. The Balaban J connectivity index is 2.30. The number of hydrogen-bond donors (Lipinski definition) is 1. The van der Waals surface area contributed by atoms with Crippen molar-refractivity contribution in [3.8, 4) is 0 Å². The quantitative estimate of drug-likeness (QED) is 0.806. The van der Waals surface area contributed by atoms with E-state index in [-0.39, 0.29) is 12.1 Å². The predicted octanol–water partition coefficient (Wildman–Crippen LogP) is 0.559. The molecule has 2 rings (SSSR count). The molecule has 0 spiro atoms. The molecule has 2 aromatic rings. The van der Waals surface area contributed by atoms with E-state index in [1.807, 2.05) is 4.98 Å². The maximum atomic E-state index is 13.3. The summed E-state index contributed by atoms with van der Waals surface area (Å²) in [7, 11) is 0. The number of hydrogen-bond acceptors (Lipinski definition) is 3. The highest BCUT2D eigenvalue weighted by Crippen LogP contribution is 2.07. The molecule has 0 saturated carbocycles. The molecule has 5 nitrogen and oxygen atoms in total. The van der Waals surface area contributed by atoms with Crippen LogP contribution in [-0.4, -0.2) is 15.3 Å². The van der Waals surface area contributed by atoms with Gasteiger partial charge in [0.1, 0.15) is 5.82 Å². The standard InChI is InChI=1S/C12H9FN2O3/c13-9-4-2-1-3-8(9)10(16)7-15-6-5-11(17)14-12(15)18/h1-6H,7H2,(H,14,17,18). The number of carbonyl (C=O) groups is 1. The van der Waals surface area contributed by atoms with Crippen LogP contribution in [0.5, 0.6) is 0 Å². The van der Waals surface area contributed by atoms with Crippen molar-refractivity contribution < 1.29 is 9.18 Å². The summed E-state index contributed by atoms with van der Waals surface area (Å²) in [6, 6.07) is 6.64. The highest BCUT2D eigenvalue weighted by molar-refractivity contribution is 5.96. The van der Waals surface area contributed by atoms with Crippen LogP contribution in [0.4, 0.5) is 4.39 Å². The molecule has 6 heteroatoms. The van der Waals surface area contributed by atoms with E-state index in [4.69, 9.17) is 0 Å². The third-order valence-electron chi connectivity index (χ3n) is 2.39. The van der Waals surface area contributed by atoms with Gasteiger partial charge in [0.05, 0.1) is 12.1 Å². The van der Waals surface area contributed by atoms with Crippen molar-refractivity contribution in [2.75, 3.05) is 0 Å². The lowest BCUT2D eigenvalue weighted by Gasteiger charge is -2.04. The van der Waals surface area contributed by atoms with E-state index in [0.29, 0.717) is 0 Å². The predicted molar refractivity (Wildman–Crippen MR) is 62.1 cm³/mol. The van der Waals surface area contributed by atoms with Gasteiger partial charge in [-0.3, -0.25) is 19.1 Å². The Morgan fingerprint density at radius 3 is 2.61 bits per heavy atom. The maximum Gasteiger partial charge on any atom is 0.328 e. The molecule has 0 aliphatic heterocycles. The monoisotopic (exact) mass is 248 g/mol. The second-order valence-corrected chi connectivity index (χ2v) is 3.64. The van der Waals surface area contributed by atoms with E-state index in [2.05, 4.69) is 0 Å². The largest absolute Gasteiger partial charge is 0.328 e. The van der Waals surface area contributed by atoms with E-state index < -0.39 is 22.8 Å².